The number of rotatable bonds is 1. The Bertz CT molecular complexity index is 858. The molecule has 5 rings (SSSR count). The molecule has 6 nitrogen and oxygen atoms in total. The van der Waals surface area contributed by atoms with Crippen molar-refractivity contribution in [2.24, 2.45) is 11.8 Å². The smallest absolute Gasteiger partial charge is 0.230 e. The Morgan fingerprint density at radius 2 is 2.19 bits per heavy atom. The van der Waals surface area contributed by atoms with Crippen molar-refractivity contribution in [1.29, 1.82) is 0 Å². The first-order valence-electron chi connectivity index (χ1n) is 9.70. The molecule has 1 aromatic heterocycles. The molecule has 1 aromatic rings. The molecular weight excluding hydrogens is 342 g/mol. The lowest BCUT2D eigenvalue weighted by Gasteiger charge is -2.35. The fourth-order valence-electron chi connectivity index (χ4n) is 5.11. The standard InChI is InChI=1S/C21H25N3O3/c1-20(2,3)24-12-21-8-6-15(27-21)16(17(21)19(24)26)18(25)23-10-7-14-13(11-23)5-4-9-22-14/h4-6,8-9,15-17H,7,10-12H2,1-3H3/t15-,16+,17+,21-/m0/s1. The largest absolute Gasteiger partial charge is 0.360 e. The molecular formula is C21H25N3O3. The predicted molar refractivity (Wildman–Crippen MR) is 98.5 cm³/mol. The number of aromatic nitrogens is 1. The number of hydrogen-bond acceptors (Lipinski definition) is 4. The van der Waals surface area contributed by atoms with Gasteiger partial charge >= 0.3 is 0 Å². The molecule has 0 saturated carbocycles. The van der Waals surface area contributed by atoms with Gasteiger partial charge in [0, 0.05) is 36.9 Å². The summed E-state index contributed by atoms with van der Waals surface area (Å²) in [4.78, 5) is 34.9. The molecule has 142 valence electrons. The molecule has 6 heteroatoms. The Morgan fingerprint density at radius 3 is 2.96 bits per heavy atom. The van der Waals surface area contributed by atoms with E-state index in [4.69, 9.17) is 4.74 Å². The SMILES string of the molecule is CC(C)(C)N1C[C@]23C=C[C@H](O2)[C@@H](C(=O)N2CCc4ncccc4C2)[C@@H]3C1=O. The molecule has 0 N–H and O–H groups in total. The quantitative estimate of drug-likeness (QED) is 0.707. The predicted octanol–water partition coefficient (Wildman–Crippen LogP) is 1.55. The van der Waals surface area contributed by atoms with Crippen LogP contribution in [-0.4, -0.2) is 56.9 Å². The Hall–Kier alpha value is -2.21. The highest BCUT2D eigenvalue weighted by atomic mass is 16.5. The van der Waals surface area contributed by atoms with Gasteiger partial charge < -0.3 is 14.5 Å². The zero-order valence-electron chi connectivity index (χ0n) is 16.0. The molecule has 2 bridgehead atoms. The van der Waals surface area contributed by atoms with Gasteiger partial charge in [0.25, 0.3) is 0 Å². The van der Waals surface area contributed by atoms with E-state index in [9.17, 15) is 9.59 Å². The van der Waals surface area contributed by atoms with Gasteiger partial charge in [-0.3, -0.25) is 14.6 Å². The zero-order chi connectivity index (χ0) is 19.0. The van der Waals surface area contributed by atoms with E-state index >= 15 is 0 Å². The molecule has 0 aromatic carbocycles. The second-order valence-corrected chi connectivity index (χ2v) is 9.11. The average molecular weight is 367 g/mol. The molecule has 4 aliphatic rings. The number of hydrogen-bond donors (Lipinski definition) is 0. The van der Waals surface area contributed by atoms with E-state index in [0.29, 0.717) is 19.6 Å². The average Bonchev–Trinajstić information content (AvgIpc) is 3.28. The monoisotopic (exact) mass is 367 g/mol. The third kappa shape index (κ3) is 2.32. The number of nitrogens with zero attached hydrogens (tertiary/aromatic N) is 3. The van der Waals surface area contributed by atoms with Crippen LogP contribution in [0.15, 0.2) is 30.5 Å². The second-order valence-electron chi connectivity index (χ2n) is 9.11. The molecule has 2 fully saturated rings. The summed E-state index contributed by atoms with van der Waals surface area (Å²) in [6, 6.07) is 3.94. The van der Waals surface area contributed by atoms with Gasteiger partial charge in [-0.2, -0.15) is 0 Å². The Balaban J connectivity index is 1.44. The van der Waals surface area contributed by atoms with Crippen molar-refractivity contribution in [2.45, 2.75) is 51.0 Å². The Labute approximate surface area is 159 Å². The van der Waals surface area contributed by atoms with Gasteiger partial charge in [-0.1, -0.05) is 18.2 Å². The number of carbonyl (C=O) groups excluding carboxylic acids is 2. The molecule has 27 heavy (non-hydrogen) atoms. The summed E-state index contributed by atoms with van der Waals surface area (Å²) >= 11 is 0. The minimum absolute atomic E-state index is 0.0369. The number of pyridine rings is 1. The lowest BCUT2D eigenvalue weighted by Crippen LogP contribution is -2.48. The van der Waals surface area contributed by atoms with Gasteiger partial charge in [-0.15, -0.1) is 0 Å². The van der Waals surface area contributed by atoms with Crippen molar-refractivity contribution in [3.05, 3.63) is 41.7 Å². The maximum absolute atomic E-state index is 13.5. The van der Waals surface area contributed by atoms with E-state index in [-0.39, 0.29) is 23.5 Å². The number of carbonyl (C=O) groups is 2. The summed E-state index contributed by atoms with van der Waals surface area (Å²) in [6.45, 7) is 7.83. The van der Waals surface area contributed by atoms with Crippen LogP contribution < -0.4 is 0 Å². The maximum atomic E-state index is 13.5. The van der Waals surface area contributed by atoms with E-state index in [1.165, 1.54) is 0 Å². The molecule has 1 spiro atoms. The van der Waals surface area contributed by atoms with E-state index in [1.807, 2.05) is 54.9 Å². The summed E-state index contributed by atoms with van der Waals surface area (Å²) in [6.07, 6.45) is 6.27. The normalized spacial score (nSPS) is 34.2. The lowest BCUT2D eigenvalue weighted by atomic mass is 9.76. The first-order valence-corrected chi connectivity index (χ1v) is 9.70. The van der Waals surface area contributed by atoms with Crippen LogP contribution in [0.2, 0.25) is 0 Å². The summed E-state index contributed by atoms with van der Waals surface area (Å²) in [5, 5.41) is 0. The number of fused-ring (bicyclic) bond motifs is 2. The van der Waals surface area contributed by atoms with Crippen LogP contribution in [0.1, 0.15) is 32.0 Å². The molecule has 0 aliphatic carbocycles. The van der Waals surface area contributed by atoms with Crippen LogP contribution in [0.4, 0.5) is 0 Å². The fraction of sp³-hybridized carbons (Fsp3) is 0.571. The highest BCUT2D eigenvalue weighted by Crippen LogP contribution is 2.53. The summed E-state index contributed by atoms with van der Waals surface area (Å²) in [5.74, 6) is -0.746. The van der Waals surface area contributed by atoms with Crippen molar-refractivity contribution < 1.29 is 14.3 Å². The van der Waals surface area contributed by atoms with Gasteiger partial charge in [0.15, 0.2) is 0 Å². The highest BCUT2D eigenvalue weighted by Gasteiger charge is 2.68. The van der Waals surface area contributed by atoms with E-state index < -0.39 is 17.4 Å². The second kappa shape index (κ2) is 5.41. The maximum Gasteiger partial charge on any atom is 0.230 e. The third-order valence-corrected chi connectivity index (χ3v) is 6.47. The van der Waals surface area contributed by atoms with Gasteiger partial charge in [0.2, 0.25) is 11.8 Å². The zero-order valence-corrected chi connectivity index (χ0v) is 16.0. The molecule has 4 aliphatic heterocycles. The molecule has 0 unspecified atom stereocenters. The summed E-state index contributed by atoms with van der Waals surface area (Å²) in [7, 11) is 0. The van der Waals surface area contributed by atoms with Crippen LogP contribution in [0, 0.1) is 11.8 Å². The van der Waals surface area contributed by atoms with Crippen molar-refractivity contribution in [1.82, 2.24) is 14.8 Å². The van der Waals surface area contributed by atoms with Crippen LogP contribution in [-0.2, 0) is 27.3 Å². The van der Waals surface area contributed by atoms with E-state index in [2.05, 4.69) is 4.98 Å². The lowest BCUT2D eigenvalue weighted by molar-refractivity contribution is -0.145. The molecule has 4 atom stereocenters. The minimum Gasteiger partial charge on any atom is -0.360 e. The van der Waals surface area contributed by atoms with Gasteiger partial charge in [-0.25, -0.2) is 0 Å². The van der Waals surface area contributed by atoms with Crippen molar-refractivity contribution in [3.63, 3.8) is 0 Å². The molecule has 2 amide bonds. The van der Waals surface area contributed by atoms with Crippen molar-refractivity contribution >= 4 is 11.8 Å². The molecule has 2 saturated heterocycles. The number of likely N-dealkylation sites (tertiary alicyclic amines) is 1. The minimum atomic E-state index is -0.634. The van der Waals surface area contributed by atoms with E-state index in [1.54, 1.807) is 6.20 Å². The van der Waals surface area contributed by atoms with Gasteiger partial charge in [-0.05, 0) is 32.4 Å². The number of amides is 2. The first-order chi connectivity index (χ1) is 12.8. The van der Waals surface area contributed by atoms with Crippen molar-refractivity contribution in [2.75, 3.05) is 13.1 Å². The first kappa shape index (κ1) is 16.9. The van der Waals surface area contributed by atoms with Crippen LogP contribution in [0.5, 0.6) is 0 Å². The third-order valence-electron chi connectivity index (χ3n) is 6.47. The Morgan fingerprint density at radius 1 is 1.37 bits per heavy atom. The van der Waals surface area contributed by atoms with E-state index in [0.717, 1.165) is 17.7 Å². The van der Waals surface area contributed by atoms with Crippen LogP contribution >= 0.6 is 0 Å². The van der Waals surface area contributed by atoms with Gasteiger partial charge in [0.1, 0.15) is 5.60 Å². The van der Waals surface area contributed by atoms with Gasteiger partial charge in [0.05, 0.1) is 24.5 Å². The molecule has 0 radical (unpaired) electrons. The Kier molecular flexibility index (Phi) is 3.39. The summed E-state index contributed by atoms with van der Waals surface area (Å²) in [5.41, 5.74) is 1.25. The highest BCUT2D eigenvalue weighted by molar-refractivity contribution is 5.93. The van der Waals surface area contributed by atoms with Crippen LogP contribution in [0.25, 0.3) is 0 Å². The van der Waals surface area contributed by atoms with Crippen LogP contribution in [0.3, 0.4) is 0 Å². The number of ether oxygens (including phenoxy) is 1. The fourth-order valence-corrected chi connectivity index (χ4v) is 5.11. The van der Waals surface area contributed by atoms with Crippen molar-refractivity contribution in [3.8, 4) is 0 Å². The topological polar surface area (TPSA) is 62.7 Å². The summed E-state index contributed by atoms with van der Waals surface area (Å²) < 4.78 is 6.24. The molecule has 5 heterocycles.